The first-order valence-electron chi connectivity index (χ1n) is 6.47. The molecule has 1 unspecified atom stereocenters. The number of nitrogen functional groups attached to an aromatic ring is 1. The number of nitrogens with two attached hydrogens (primary N) is 1. The minimum atomic E-state index is -0.654. The van der Waals surface area contributed by atoms with E-state index in [9.17, 15) is 4.39 Å². The lowest BCUT2D eigenvalue weighted by atomic mass is 10.2. The monoisotopic (exact) mass is 238 g/mol. The second kappa shape index (κ2) is 4.20. The molecule has 0 spiro atoms. The summed E-state index contributed by atoms with van der Waals surface area (Å²) < 4.78 is 15.4. The fourth-order valence-electron chi connectivity index (χ4n) is 2.55. The molecule has 2 aliphatic rings. The van der Waals surface area contributed by atoms with Crippen LogP contribution in [0, 0.1) is 0 Å². The van der Waals surface area contributed by atoms with E-state index in [1.165, 1.54) is 12.8 Å². The van der Waals surface area contributed by atoms with Gasteiger partial charge >= 0.3 is 0 Å². The van der Waals surface area contributed by atoms with E-state index in [1.807, 2.05) is 4.68 Å². The van der Waals surface area contributed by atoms with Crippen LogP contribution in [0.25, 0.3) is 0 Å². The SMILES string of the molecule is Nc1cnn(C2CC2)c1N1CCCC(F)CC1. The van der Waals surface area contributed by atoms with Gasteiger partial charge in [0.2, 0.25) is 0 Å². The number of alkyl halides is 1. The molecule has 1 aromatic heterocycles. The highest BCUT2D eigenvalue weighted by molar-refractivity contribution is 5.63. The quantitative estimate of drug-likeness (QED) is 0.858. The van der Waals surface area contributed by atoms with E-state index in [4.69, 9.17) is 5.73 Å². The van der Waals surface area contributed by atoms with Crippen molar-refractivity contribution in [1.82, 2.24) is 9.78 Å². The molecule has 3 rings (SSSR count). The van der Waals surface area contributed by atoms with Crippen LogP contribution in [0.4, 0.5) is 15.9 Å². The molecule has 0 amide bonds. The van der Waals surface area contributed by atoms with Crippen LogP contribution in [-0.2, 0) is 0 Å². The summed E-state index contributed by atoms with van der Waals surface area (Å²) >= 11 is 0. The summed E-state index contributed by atoms with van der Waals surface area (Å²) in [7, 11) is 0. The summed E-state index contributed by atoms with van der Waals surface area (Å²) in [4.78, 5) is 2.21. The maximum Gasteiger partial charge on any atom is 0.150 e. The second-order valence-electron chi connectivity index (χ2n) is 5.11. The fourth-order valence-corrected chi connectivity index (χ4v) is 2.55. The van der Waals surface area contributed by atoms with Gasteiger partial charge in [0, 0.05) is 13.1 Å². The number of hydrogen-bond donors (Lipinski definition) is 1. The van der Waals surface area contributed by atoms with E-state index in [2.05, 4.69) is 10.00 Å². The highest BCUT2D eigenvalue weighted by Gasteiger charge is 2.30. The van der Waals surface area contributed by atoms with Gasteiger partial charge in [0.15, 0.2) is 5.82 Å². The second-order valence-corrected chi connectivity index (χ2v) is 5.11. The van der Waals surface area contributed by atoms with Crippen LogP contribution >= 0.6 is 0 Å². The van der Waals surface area contributed by atoms with Crippen molar-refractivity contribution in [1.29, 1.82) is 0 Å². The first kappa shape index (κ1) is 10.9. The Bertz CT molecular complexity index is 399. The minimum Gasteiger partial charge on any atom is -0.394 e. The molecule has 0 bridgehead atoms. The van der Waals surface area contributed by atoms with E-state index in [0.29, 0.717) is 18.9 Å². The molecule has 1 aliphatic carbocycles. The van der Waals surface area contributed by atoms with Gasteiger partial charge in [-0.15, -0.1) is 0 Å². The molecular formula is C12H19FN4. The highest BCUT2D eigenvalue weighted by Crippen LogP contribution is 2.40. The van der Waals surface area contributed by atoms with Gasteiger partial charge in [0.05, 0.1) is 17.9 Å². The summed E-state index contributed by atoms with van der Waals surface area (Å²) in [6, 6.07) is 0.520. The fraction of sp³-hybridized carbons (Fsp3) is 0.750. The third-order valence-electron chi connectivity index (χ3n) is 3.65. The van der Waals surface area contributed by atoms with Gasteiger partial charge in [-0.25, -0.2) is 9.07 Å². The summed E-state index contributed by atoms with van der Waals surface area (Å²) in [6.07, 6.45) is 5.63. The zero-order valence-electron chi connectivity index (χ0n) is 9.98. The molecule has 4 nitrogen and oxygen atoms in total. The smallest absolute Gasteiger partial charge is 0.150 e. The van der Waals surface area contributed by atoms with Gasteiger partial charge in [0.25, 0.3) is 0 Å². The number of nitrogens with zero attached hydrogens (tertiary/aromatic N) is 3. The lowest BCUT2D eigenvalue weighted by molar-refractivity contribution is 0.307. The first-order valence-corrected chi connectivity index (χ1v) is 6.47. The normalized spacial score (nSPS) is 25.9. The maximum absolute atomic E-state index is 13.4. The lowest BCUT2D eigenvalue weighted by Crippen LogP contribution is -2.27. The molecule has 1 saturated carbocycles. The Kier molecular flexibility index (Phi) is 2.68. The zero-order chi connectivity index (χ0) is 11.8. The molecule has 2 fully saturated rings. The van der Waals surface area contributed by atoms with Crippen molar-refractivity contribution in [3.8, 4) is 0 Å². The predicted octanol–water partition coefficient (Wildman–Crippen LogP) is 2.13. The number of hydrogen-bond acceptors (Lipinski definition) is 3. The van der Waals surface area contributed by atoms with Gasteiger partial charge in [-0.2, -0.15) is 5.10 Å². The van der Waals surface area contributed by atoms with Gasteiger partial charge in [-0.1, -0.05) is 0 Å². The van der Waals surface area contributed by atoms with Gasteiger partial charge in [-0.05, 0) is 32.1 Å². The molecule has 1 aromatic rings. The van der Waals surface area contributed by atoms with Crippen molar-refractivity contribution in [2.75, 3.05) is 23.7 Å². The zero-order valence-corrected chi connectivity index (χ0v) is 9.98. The van der Waals surface area contributed by atoms with E-state index in [1.54, 1.807) is 6.20 Å². The van der Waals surface area contributed by atoms with Gasteiger partial charge in [0.1, 0.15) is 6.17 Å². The molecule has 2 N–H and O–H groups in total. The first-order chi connectivity index (χ1) is 8.25. The third kappa shape index (κ3) is 2.10. The molecule has 0 radical (unpaired) electrons. The summed E-state index contributed by atoms with van der Waals surface area (Å²) in [5.41, 5.74) is 6.74. The van der Waals surface area contributed by atoms with Crippen molar-refractivity contribution in [3.63, 3.8) is 0 Å². The third-order valence-corrected chi connectivity index (χ3v) is 3.65. The Morgan fingerprint density at radius 2 is 2.06 bits per heavy atom. The molecule has 5 heteroatoms. The van der Waals surface area contributed by atoms with Gasteiger partial charge < -0.3 is 10.6 Å². The average Bonchev–Trinajstić information content (AvgIpc) is 3.09. The van der Waals surface area contributed by atoms with Crippen molar-refractivity contribution in [2.24, 2.45) is 0 Å². The van der Waals surface area contributed by atoms with Crippen LogP contribution in [-0.4, -0.2) is 29.0 Å². The summed E-state index contributed by atoms with van der Waals surface area (Å²) in [5.74, 6) is 1.02. The van der Waals surface area contributed by atoms with Gasteiger partial charge in [-0.3, -0.25) is 0 Å². The van der Waals surface area contributed by atoms with Crippen LogP contribution in [0.1, 0.15) is 38.1 Å². The molecule has 1 atom stereocenters. The number of anilines is 2. The molecule has 1 aliphatic heterocycles. The summed E-state index contributed by atoms with van der Waals surface area (Å²) in [6.45, 7) is 1.65. The van der Waals surface area contributed by atoms with E-state index >= 15 is 0 Å². The molecule has 94 valence electrons. The largest absolute Gasteiger partial charge is 0.394 e. The van der Waals surface area contributed by atoms with Crippen molar-refractivity contribution >= 4 is 11.5 Å². The van der Waals surface area contributed by atoms with E-state index in [-0.39, 0.29) is 0 Å². The van der Waals surface area contributed by atoms with E-state index in [0.717, 1.165) is 31.0 Å². The Labute approximate surface area is 101 Å². The minimum absolute atomic E-state index is 0.520. The summed E-state index contributed by atoms with van der Waals surface area (Å²) in [5, 5.41) is 4.36. The standard InChI is InChI=1S/C12H19FN4/c13-9-2-1-6-16(7-5-9)12-11(14)8-15-17(12)10-3-4-10/h8-10H,1-7,14H2. The molecule has 1 saturated heterocycles. The Hall–Kier alpha value is -1.26. The Morgan fingerprint density at radius 1 is 1.24 bits per heavy atom. The molecule has 17 heavy (non-hydrogen) atoms. The molecular weight excluding hydrogens is 219 g/mol. The number of rotatable bonds is 2. The highest BCUT2D eigenvalue weighted by atomic mass is 19.1. The van der Waals surface area contributed by atoms with Crippen molar-refractivity contribution in [3.05, 3.63) is 6.20 Å². The van der Waals surface area contributed by atoms with Crippen LogP contribution in [0.3, 0.4) is 0 Å². The Balaban J connectivity index is 1.84. The average molecular weight is 238 g/mol. The number of aromatic nitrogens is 2. The maximum atomic E-state index is 13.4. The molecule has 0 aromatic carbocycles. The van der Waals surface area contributed by atoms with Crippen molar-refractivity contribution in [2.45, 2.75) is 44.3 Å². The Morgan fingerprint density at radius 3 is 2.82 bits per heavy atom. The lowest BCUT2D eigenvalue weighted by Gasteiger charge is -2.24. The van der Waals surface area contributed by atoms with Crippen LogP contribution in [0.5, 0.6) is 0 Å². The number of halogens is 1. The van der Waals surface area contributed by atoms with Crippen LogP contribution in [0.15, 0.2) is 6.20 Å². The molecule has 2 heterocycles. The van der Waals surface area contributed by atoms with Crippen molar-refractivity contribution < 1.29 is 4.39 Å². The predicted molar refractivity (Wildman–Crippen MR) is 65.9 cm³/mol. The van der Waals surface area contributed by atoms with Crippen LogP contribution in [0.2, 0.25) is 0 Å². The topological polar surface area (TPSA) is 47.1 Å². The van der Waals surface area contributed by atoms with E-state index < -0.39 is 6.17 Å². The van der Waals surface area contributed by atoms with Crippen LogP contribution < -0.4 is 10.6 Å².